The maximum absolute atomic E-state index is 12.2. The zero-order valence-electron chi connectivity index (χ0n) is 11.8. The lowest BCUT2D eigenvalue weighted by Crippen LogP contribution is -2.38. The van der Waals surface area contributed by atoms with E-state index in [9.17, 15) is 4.79 Å². The molecule has 1 aromatic heterocycles. The maximum Gasteiger partial charge on any atom is 0.256 e. The van der Waals surface area contributed by atoms with Gasteiger partial charge < -0.3 is 24.8 Å². The molecule has 1 aromatic carbocycles. The van der Waals surface area contributed by atoms with Crippen molar-refractivity contribution in [1.29, 1.82) is 0 Å². The summed E-state index contributed by atoms with van der Waals surface area (Å²) in [5.74, 6) is 2.10. The maximum atomic E-state index is 12.2. The fraction of sp³-hybridized carbons (Fsp3) is 0.200. The molecule has 1 amide bonds. The minimum absolute atomic E-state index is 0.157. The van der Waals surface area contributed by atoms with Crippen LogP contribution in [0.25, 0.3) is 0 Å². The molecule has 7 heteroatoms. The molecule has 3 heterocycles. The van der Waals surface area contributed by atoms with E-state index in [-0.39, 0.29) is 12.7 Å². The van der Waals surface area contributed by atoms with Crippen molar-refractivity contribution < 1.29 is 19.0 Å². The summed E-state index contributed by atoms with van der Waals surface area (Å²) in [5, 5.41) is 6.08. The minimum Gasteiger partial charge on any atom is -0.493 e. The third-order valence-corrected chi connectivity index (χ3v) is 3.62. The second kappa shape index (κ2) is 4.80. The van der Waals surface area contributed by atoms with Crippen molar-refractivity contribution in [2.45, 2.75) is 6.17 Å². The van der Waals surface area contributed by atoms with Gasteiger partial charge >= 0.3 is 0 Å². The van der Waals surface area contributed by atoms with E-state index in [4.69, 9.17) is 14.2 Å². The van der Waals surface area contributed by atoms with Crippen molar-refractivity contribution in [2.24, 2.45) is 0 Å². The van der Waals surface area contributed by atoms with E-state index < -0.39 is 6.17 Å². The van der Waals surface area contributed by atoms with Crippen molar-refractivity contribution in [3.63, 3.8) is 0 Å². The fourth-order valence-corrected chi connectivity index (χ4v) is 2.57. The summed E-state index contributed by atoms with van der Waals surface area (Å²) in [6, 6.07) is 7.07. The molecular weight excluding hydrogens is 286 g/mol. The molecule has 2 aliphatic heterocycles. The molecule has 0 aliphatic carbocycles. The lowest BCUT2D eigenvalue weighted by Gasteiger charge is -2.27. The highest BCUT2D eigenvalue weighted by Gasteiger charge is 2.28. The van der Waals surface area contributed by atoms with Crippen molar-refractivity contribution in [3.05, 3.63) is 41.6 Å². The Morgan fingerprint density at radius 1 is 1.32 bits per heavy atom. The summed E-state index contributed by atoms with van der Waals surface area (Å²) in [7, 11) is 1.56. The molecular formula is C15H13N3O4. The van der Waals surface area contributed by atoms with Gasteiger partial charge in [-0.3, -0.25) is 4.79 Å². The van der Waals surface area contributed by atoms with E-state index in [2.05, 4.69) is 15.6 Å². The first-order valence-corrected chi connectivity index (χ1v) is 6.76. The number of nitrogens with zero attached hydrogens (tertiary/aromatic N) is 1. The minimum atomic E-state index is -0.418. The third kappa shape index (κ3) is 1.90. The molecule has 0 fully saturated rings. The number of carbonyl (C=O) groups excluding carboxylic acids is 1. The lowest BCUT2D eigenvalue weighted by atomic mass is 10.1. The van der Waals surface area contributed by atoms with Gasteiger partial charge in [0.1, 0.15) is 12.0 Å². The third-order valence-electron chi connectivity index (χ3n) is 3.62. The first kappa shape index (κ1) is 12.8. The number of carbonyl (C=O) groups is 1. The molecule has 2 N–H and O–H groups in total. The Bertz CT molecular complexity index is 762. The van der Waals surface area contributed by atoms with Crippen molar-refractivity contribution in [2.75, 3.05) is 19.2 Å². The molecule has 0 unspecified atom stereocenters. The van der Waals surface area contributed by atoms with Crippen LogP contribution in [0.4, 0.5) is 5.82 Å². The number of aromatic nitrogens is 1. The molecule has 4 rings (SSSR count). The molecule has 7 nitrogen and oxygen atoms in total. The largest absolute Gasteiger partial charge is 0.493 e. The Hall–Kier alpha value is -2.96. The van der Waals surface area contributed by atoms with Crippen LogP contribution in [0.1, 0.15) is 22.1 Å². The quantitative estimate of drug-likeness (QED) is 0.878. The van der Waals surface area contributed by atoms with Crippen LogP contribution in [0.2, 0.25) is 0 Å². The van der Waals surface area contributed by atoms with Crippen LogP contribution in [0.5, 0.6) is 17.2 Å². The van der Waals surface area contributed by atoms with Gasteiger partial charge in [0.25, 0.3) is 5.91 Å². The number of amides is 1. The van der Waals surface area contributed by atoms with E-state index in [0.717, 1.165) is 5.56 Å². The van der Waals surface area contributed by atoms with Gasteiger partial charge in [0.15, 0.2) is 11.5 Å². The van der Waals surface area contributed by atoms with E-state index in [1.807, 2.05) is 6.07 Å². The Morgan fingerprint density at radius 2 is 2.23 bits per heavy atom. The van der Waals surface area contributed by atoms with Gasteiger partial charge in [0.05, 0.1) is 12.7 Å². The van der Waals surface area contributed by atoms with E-state index in [0.29, 0.717) is 28.6 Å². The molecule has 0 saturated carbocycles. The molecule has 2 aromatic rings. The average molecular weight is 299 g/mol. The topological polar surface area (TPSA) is 81.7 Å². The van der Waals surface area contributed by atoms with Crippen molar-refractivity contribution >= 4 is 11.7 Å². The van der Waals surface area contributed by atoms with Gasteiger partial charge in [0, 0.05) is 11.8 Å². The number of anilines is 1. The van der Waals surface area contributed by atoms with Crippen LogP contribution in [-0.4, -0.2) is 24.8 Å². The van der Waals surface area contributed by atoms with Crippen molar-refractivity contribution in [1.82, 2.24) is 10.3 Å². The second-order valence-corrected chi connectivity index (χ2v) is 4.91. The number of hydrogen-bond acceptors (Lipinski definition) is 6. The van der Waals surface area contributed by atoms with Crippen LogP contribution in [0, 0.1) is 0 Å². The molecule has 22 heavy (non-hydrogen) atoms. The van der Waals surface area contributed by atoms with Crippen LogP contribution in [0.3, 0.4) is 0 Å². The zero-order valence-corrected chi connectivity index (χ0v) is 11.8. The van der Waals surface area contributed by atoms with Gasteiger partial charge in [0.2, 0.25) is 12.5 Å². The van der Waals surface area contributed by atoms with Crippen LogP contribution in [-0.2, 0) is 0 Å². The summed E-state index contributed by atoms with van der Waals surface area (Å²) in [6.45, 7) is 0.157. The number of methoxy groups -OCH3 is 1. The van der Waals surface area contributed by atoms with E-state index >= 15 is 0 Å². The van der Waals surface area contributed by atoms with E-state index in [1.165, 1.54) is 0 Å². The summed E-state index contributed by atoms with van der Waals surface area (Å²) >= 11 is 0. The van der Waals surface area contributed by atoms with Gasteiger partial charge in [-0.05, 0) is 24.3 Å². The summed E-state index contributed by atoms with van der Waals surface area (Å²) in [6.07, 6.45) is 1.22. The Morgan fingerprint density at radius 3 is 3.09 bits per heavy atom. The zero-order chi connectivity index (χ0) is 15.1. The van der Waals surface area contributed by atoms with Crippen LogP contribution in [0.15, 0.2) is 30.5 Å². The van der Waals surface area contributed by atoms with Crippen molar-refractivity contribution in [3.8, 4) is 17.2 Å². The van der Waals surface area contributed by atoms with Gasteiger partial charge in [-0.25, -0.2) is 4.98 Å². The first-order chi connectivity index (χ1) is 10.8. The molecule has 1 atom stereocenters. The first-order valence-electron chi connectivity index (χ1n) is 6.76. The summed E-state index contributed by atoms with van der Waals surface area (Å²) < 4.78 is 16.1. The average Bonchev–Trinajstić information content (AvgIpc) is 3.02. The van der Waals surface area contributed by atoms with Gasteiger partial charge in [-0.15, -0.1) is 0 Å². The fourth-order valence-electron chi connectivity index (χ4n) is 2.57. The van der Waals surface area contributed by atoms with Crippen LogP contribution < -0.4 is 24.8 Å². The standard InChI is InChI=1S/C15H13N3O4/c1-20-10-5-8(6-11-12(10)22-7-21-11)13-17-14-9(15(19)18-13)3-2-4-16-14/h2-6,13H,7H2,1H3,(H,16,17)(H,18,19)/t13-/m0/s1. The predicted octanol–water partition coefficient (Wildman–Crippen LogP) is 1.67. The molecule has 2 aliphatic rings. The Kier molecular flexibility index (Phi) is 2.78. The molecule has 0 bridgehead atoms. The highest BCUT2D eigenvalue weighted by atomic mass is 16.7. The number of nitrogens with one attached hydrogen (secondary N) is 2. The number of hydrogen-bond donors (Lipinski definition) is 2. The molecule has 0 saturated heterocycles. The normalized spacial score (nSPS) is 18.2. The molecule has 0 radical (unpaired) electrons. The number of benzene rings is 1. The SMILES string of the molecule is COc1cc([C@@H]2NC(=O)c3cccnc3N2)cc2c1OCO2. The Labute approximate surface area is 126 Å². The molecule has 112 valence electrons. The van der Waals surface area contributed by atoms with E-state index in [1.54, 1.807) is 31.5 Å². The second-order valence-electron chi connectivity index (χ2n) is 4.91. The lowest BCUT2D eigenvalue weighted by molar-refractivity contribution is 0.0935. The van der Waals surface area contributed by atoms with Gasteiger partial charge in [-0.2, -0.15) is 0 Å². The highest BCUT2D eigenvalue weighted by Crippen LogP contribution is 2.43. The number of fused-ring (bicyclic) bond motifs is 2. The number of ether oxygens (including phenoxy) is 3. The van der Waals surface area contributed by atoms with Gasteiger partial charge in [-0.1, -0.05) is 0 Å². The highest BCUT2D eigenvalue weighted by molar-refractivity contribution is 6.00. The Balaban J connectivity index is 1.73. The number of pyridine rings is 1. The molecule has 0 spiro atoms. The van der Waals surface area contributed by atoms with Crippen LogP contribution >= 0.6 is 0 Å². The smallest absolute Gasteiger partial charge is 0.256 e. The summed E-state index contributed by atoms with van der Waals surface area (Å²) in [5.41, 5.74) is 1.32. The summed E-state index contributed by atoms with van der Waals surface area (Å²) in [4.78, 5) is 16.4. The number of rotatable bonds is 2. The monoisotopic (exact) mass is 299 g/mol. The predicted molar refractivity (Wildman–Crippen MR) is 77.2 cm³/mol.